The third kappa shape index (κ3) is 7.83. The molecule has 8 nitrogen and oxygen atoms in total. The molecule has 1 heterocycles. The van der Waals surface area contributed by atoms with Gasteiger partial charge in [-0.3, -0.25) is 0 Å². The van der Waals surface area contributed by atoms with Crippen molar-refractivity contribution < 1.29 is 52.0 Å². The zero-order valence-electron chi connectivity index (χ0n) is 25.7. The molecule has 2 aromatic carbocycles. The number of carboxylic acid groups (broad SMARTS) is 1. The maximum atomic E-state index is 11.2. The first-order chi connectivity index (χ1) is 19.1. The molecule has 2 N–H and O–H groups in total. The van der Waals surface area contributed by atoms with E-state index < -0.39 is 5.97 Å². The molecule has 0 amide bonds. The summed E-state index contributed by atoms with van der Waals surface area (Å²) in [5.74, 6) is 1.00. The van der Waals surface area contributed by atoms with Gasteiger partial charge in [-0.2, -0.15) is 0 Å². The van der Waals surface area contributed by atoms with Crippen molar-refractivity contribution in [1.29, 1.82) is 0 Å². The fraction of sp³-hybridized carbons (Fsp3) is 0.531. The molecule has 0 bridgehead atoms. The predicted octanol–water partition coefficient (Wildman–Crippen LogP) is 4.27. The van der Waals surface area contributed by atoms with Crippen LogP contribution in [-0.2, 0) is 30.8 Å². The molecular formula is C32H45CoN2O6+. The molecule has 2 aliphatic rings. The minimum atomic E-state index is -1.08. The summed E-state index contributed by atoms with van der Waals surface area (Å²) in [4.78, 5) is 8.89. The van der Waals surface area contributed by atoms with E-state index in [-0.39, 0.29) is 10.8 Å². The summed E-state index contributed by atoms with van der Waals surface area (Å²) in [5, 5.41) is 31.3. The van der Waals surface area contributed by atoms with E-state index in [9.17, 15) is 10.2 Å². The number of rotatable bonds is 4. The van der Waals surface area contributed by atoms with Crippen LogP contribution < -0.4 is 14.6 Å². The normalized spacial score (nSPS) is 21.0. The van der Waals surface area contributed by atoms with Crippen LogP contribution in [0.3, 0.4) is 0 Å². The Hall–Kier alpha value is -3.04. The van der Waals surface area contributed by atoms with Crippen molar-refractivity contribution in [1.82, 2.24) is 0 Å². The zero-order valence-corrected chi connectivity index (χ0v) is 26.7. The minimum absolute atomic E-state index is 0.217. The third-order valence-electron chi connectivity index (χ3n) is 7.28. The first-order valence-corrected chi connectivity index (χ1v) is 14.9. The van der Waals surface area contributed by atoms with Gasteiger partial charge < -0.3 is 9.90 Å². The summed E-state index contributed by atoms with van der Waals surface area (Å²) in [6.45, 7) is 13.6. The first kappa shape index (κ1) is 32.5. The van der Waals surface area contributed by atoms with Gasteiger partial charge in [0.2, 0.25) is 0 Å². The van der Waals surface area contributed by atoms with Gasteiger partial charge >= 0.3 is 228 Å². The molecule has 1 saturated heterocycles. The average Bonchev–Trinajstić information content (AvgIpc) is 3.21. The van der Waals surface area contributed by atoms with Gasteiger partial charge in [-0.25, -0.2) is 0 Å². The molecule has 9 heteroatoms. The van der Waals surface area contributed by atoms with Crippen LogP contribution in [0, 0.1) is 0 Å². The molecule has 1 aliphatic carbocycles. The molecule has 2 aromatic rings. The number of phenols is 2. The van der Waals surface area contributed by atoms with Gasteiger partial charge in [0.15, 0.2) is 0 Å². The molecule has 0 aromatic heterocycles. The van der Waals surface area contributed by atoms with Gasteiger partial charge in [0.1, 0.15) is 0 Å². The van der Waals surface area contributed by atoms with Crippen molar-refractivity contribution in [3.63, 3.8) is 0 Å². The van der Waals surface area contributed by atoms with Crippen LogP contribution >= 0.6 is 0 Å². The number of hydrogen-bond donors (Lipinski definition) is 2. The Morgan fingerprint density at radius 1 is 0.829 bits per heavy atom. The van der Waals surface area contributed by atoms with Crippen molar-refractivity contribution in [2.75, 3.05) is 14.2 Å². The zero-order chi connectivity index (χ0) is 30.7. The number of ether oxygens (including phenoxy) is 2. The number of aromatic hydroxyl groups is 2. The van der Waals surface area contributed by atoms with Crippen LogP contribution in [0.25, 0.3) is 0 Å². The number of aliphatic carboxylic acids is 1. The van der Waals surface area contributed by atoms with Crippen LogP contribution in [0.5, 0.6) is 23.0 Å². The molecule has 0 radical (unpaired) electrons. The third-order valence-corrected chi connectivity index (χ3v) is 8.72. The van der Waals surface area contributed by atoms with Crippen molar-refractivity contribution in [2.24, 2.45) is 0 Å². The van der Waals surface area contributed by atoms with E-state index in [0.29, 0.717) is 23.6 Å². The van der Waals surface area contributed by atoms with E-state index >= 15 is 0 Å². The number of carbonyl (C=O) groups is 1. The molecule has 2 fully saturated rings. The van der Waals surface area contributed by atoms with Gasteiger partial charge in [-0.1, -0.05) is 0 Å². The second kappa shape index (κ2) is 12.9. The van der Waals surface area contributed by atoms with E-state index in [1.54, 1.807) is 14.2 Å². The summed E-state index contributed by atoms with van der Waals surface area (Å²) >= 11 is 1.03. The second-order valence-electron chi connectivity index (χ2n) is 12.6. The number of carboxylic acids is 1. The van der Waals surface area contributed by atoms with Gasteiger partial charge in [-0.15, -0.1) is 0 Å². The summed E-state index contributed by atoms with van der Waals surface area (Å²) in [5.41, 5.74) is 2.83. The van der Waals surface area contributed by atoms with Crippen LogP contribution in [0.2, 0.25) is 0 Å². The number of benzene rings is 2. The van der Waals surface area contributed by atoms with E-state index in [1.807, 2.05) is 24.3 Å². The van der Waals surface area contributed by atoms with Crippen LogP contribution in [0.1, 0.15) is 96.4 Å². The topological polar surface area (TPSA) is 105 Å². The van der Waals surface area contributed by atoms with Gasteiger partial charge in [0.25, 0.3) is 0 Å². The number of fused-ring (bicyclic) bond motifs is 1. The molecule has 1 saturated carbocycles. The van der Waals surface area contributed by atoms with Crippen LogP contribution in [-0.4, -0.2) is 62.2 Å². The quantitative estimate of drug-likeness (QED) is 0.535. The summed E-state index contributed by atoms with van der Waals surface area (Å²) in [7, 11) is 3.33. The number of methoxy groups -OCH3 is 2. The Kier molecular flexibility index (Phi) is 10.2. The molecule has 1 aliphatic heterocycles. The maximum absolute atomic E-state index is 11.2. The van der Waals surface area contributed by atoms with Crippen molar-refractivity contribution in [2.45, 2.75) is 97.1 Å². The van der Waals surface area contributed by atoms with Crippen molar-refractivity contribution >= 4 is 18.4 Å². The second-order valence-corrected chi connectivity index (χ2v) is 13.9. The standard InChI is InChI=1S/C30H42N2O4.C2H4O2.Co/c1-29(2,3)23-15-21(35-7)13-19(27(23)33)17-31-25-11-9-10-12-26(25)32-18-20-14-22(36-8)16-24(28(20)34)30(4,5)6;1-2(3)4;/h13-18,25-26,33-34H,9-12H2,1-8H3;1H3,(H,3,4);/q;;+2/p-1. The van der Waals surface area contributed by atoms with E-state index in [1.165, 1.54) is 12.8 Å². The predicted molar refractivity (Wildman–Crippen MR) is 154 cm³/mol. The van der Waals surface area contributed by atoms with Crippen LogP contribution in [0.15, 0.2) is 24.3 Å². The van der Waals surface area contributed by atoms with Crippen molar-refractivity contribution in [3.05, 3.63) is 46.5 Å². The van der Waals surface area contributed by atoms with E-state index in [2.05, 4.69) is 61.2 Å². The molecular weight excluding hydrogens is 567 g/mol. The first-order valence-electron chi connectivity index (χ1n) is 13.9. The van der Waals surface area contributed by atoms with Crippen molar-refractivity contribution in [3.8, 4) is 23.0 Å². The molecule has 2 atom stereocenters. The Morgan fingerprint density at radius 3 is 1.46 bits per heavy atom. The Morgan fingerprint density at radius 2 is 1.17 bits per heavy atom. The molecule has 2 unspecified atom stereocenters. The number of nitrogens with zero attached hydrogens (tertiary/aromatic N) is 2. The fourth-order valence-corrected chi connectivity index (χ4v) is 6.77. The monoisotopic (exact) mass is 612 g/mol. The Bertz CT molecular complexity index is 1240. The summed E-state index contributed by atoms with van der Waals surface area (Å²) in [6, 6.07) is 8.32. The van der Waals surface area contributed by atoms with Gasteiger partial charge in [-0.05, 0) is 6.92 Å². The van der Waals surface area contributed by atoms with E-state index in [4.69, 9.17) is 19.4 Å². The molecule has 0 spiro atoms. The van der Waals surface area contributed by atoms with Crippen LogP contribution in [0.4, 0.5) is 0 Å². The number of hydrogen-bond acceptors (Lipinski definition) is 6. The number of phenolic OH excluding ortho intramolecular Hbond substituents is 2. The fourth-order valence-electron chi connectivity index (χ4n) is 5.15. The van der Waals surface area contributed by atoms with Gasteiger partial charge in [0, 0.05) is 5.97 Å². The average molecular weight is 613 g/mol. The summed E-state index contributed by atoms with van der Waals surface area (Å²) in [6.07, 6.45) is 8.71. The molecule has 227 valence electrons. The number of carbonyl (C=O) groups excluding carboxylic acids is 1. The Labute approximate surface area is 250 Å². The SMILES string of the molecule is CC(=O)[O-].COc1cc(C=[N+]2[Co][N+](=Cc3cc(OC)cc(C(C)(C)C)c3O)C3CCCCC32)c(O)c(C(C)(C)C)c1. The van der Waals surface area contributed by atoms with Gasteiger partial charge in [0.05, 0.1) is 0 Å². The summed E-state index contributed by atoms with van der Waals surface area (Å²) < 4.78 is 15.8. The molecule has 4 rings (SSSR count). The van der Waals surface area contributed by atoms with E-state index in [0.717, 1.165) is 68.6 Å². The Balaban J connectivity index is 0.00000108. The molecule has 41 heavy (non-hydrogen) atoms.